The highest BCUT2D eigenvalue weighted by molar-refractivity contribution is 7.45. The van der Waals surface area contributed by atoms with Gasteiger partial charge in [0.1, 0.15) is 0 Å². The van der Waals surface area contributed by atoms with Crippen molar-refractivity contribution in [3.05, 3.63) is 72.8 Å². The van der Waals surface area contributed by atoms with Crippen molar-refractivity contribution < 1.29 is 49.9 Å². The summed E-state index contributed by atoms with van der Waals surface area (Å²) >= 11 is 0. The summed E-state index contributed by atoms with van der Waals surface area (Å²) in [5, 5.41) is 52.0. The Hall–Kier alpha value is -3.43. The third kappa shape index (κ3) is 14.3. The topological polar surface area (TPSA) is 199 Å². The monoisotopic (exact) mass is 428 g/mol. The first-order valence-corrected chi connectivity index (χ1v) is 9.17. The lowest BCUT2D eigenvalue weighted by Gasteiger charge is -1.91. The minimum Gasteiger partial charge on any atom is -0.504 e. The lowest BCUT2D eigenvalue weighted by molar-refractivity contribution is 0.275. The zero-order chi connectivity index (χ0) is 22.4. The normalized spacial score (nSPS) is 9.48. The van der Waals surface area contributed by atoms with Gasteiger partial charge in [-0.3, -0.25) is 0 Å². The summed E-state index contributed by atoms with van der Waals surface area (Å²) in [5.74, 6) is -0.458. The zero-order valence-electron chi connectivity index (χ0n) is 14.8. The van der Waals surface area contributed by atoms with E-state index in [0.29, 0.717) is 0 Å². The molecule has 0 atom stereocenters. The van der Waals surface area contributed by atoms with Crippen molar-refractivity contribution in [3.8, 4) is 34.5 Å². The van der Waals surface area contributed by atoms with Gasteiger partial charge in [0, 0.05) is 0 Å². The molecule has 3 aromatic rings. The van der Waals surface area contributed by atoms with Crippen LogP contribution in [-0.4, -0.2) is 45.3 Å². The van der Waals surface area contributed by atoms with Crippen molar-refractivity contribution in [2.24, 2.45) is 0 Å². The summed E-state index contributed by atoms with van der Waals surface area (Å²) in [7, 11) is -4.64. The van der Waals surface area contributed by atoms with E-state index in [0.717, 1.165) is 0 Å². The first kappa shape index (κ1) is 25.6. The van der Waals surface area contributed by atoms with Crippen LogP contribution in [0.5, 0.6) is 34.5 Å². The van der Waals surface area contributed by atoms with Gasteiger partial charge in [-0.25, -0.2) is 4.57 Å². The zero-order valence-corrected chi connectivity index (χ0v) is 15.7. The molecule has 0 saturated carbocycles. The predicted molar refractivity (Wildman–Crippen MR) is 104 cm³/mol. The number of phenolic OH excluding ortho intramolecular Hbond substituents is 6. The van der Waals surface area contributed by atoms with Crippen LogP contribution in [0.1, 0.15) is 0 Å². The Balaban J connectivity index is 0.000000367. The van der Waals surface area contributed by atoms with E-state index in [1.165, 1.54) is 36.4 Å². The molecule has 29 heavy (non-hydrogen) atoms. The molecule has 0 spiro atoms. The molecule has 158 valence electrons. The second-order valence-electron chi connectivity index (χ2n) is 4.98. The Kier molecular flexibility index (Phi) is 11.3. The Morgan fingerprint density at radius 1 is 0.414 bits per heavy atom. The summed E-state index contributed by atoms with van der Waals surface area (Å²) in [6.07, 6.45) is 0. The smallest absolute Gasteiger partial charge is 0.466 e. The Morgan fingerprint density at radius 3 is 0.586 bits per heavy atom. The van der Waals surface area contributed by atoms with E-state index in [1.54, 1.807) is 36.4 Å². The molecule has 0 saturated heterocycles. The highest BCUT2D eigenvalue weighted by Crippen LogP contribution is 2.26. The number of phosphoric acid groups is 1. The maximum Gasteiger partial charge on any atom is 0.466 e. The summed E-state index contributed by atoms with van der Waals surface area (Å²) in [6, 6.07) is 18.4. The molecule has 0 radical (unpaired) electrons. The van der Waals surface area contributed by atoms with Crippen LogP contribution in [-0.2, 0) is 4.57 Å². The number of para-hydroxylation sites is 6. The maximum absolute atomic E-state index is 8.88. The molecule has 0 aliphatic rings. The lowest BCUT2D eigenvalue weighted by Crippen LogP contribution is -1.66. The fraction of sp³-hybridized carbons (Fsp3) is 0. The van der Waals surface area contributed by atoms with Crippen molar-refractivity contribution >= 4 is 7.82 Å². The minimum absolute atomic E-state index is 0.0764. The third-order valence-electron chi connectivity index (χ3n) is 2.65. The number of hydrogen-bond acceptors (Lipinski definition) is 7. The van der Waals surface area contributed by atoms with Gasteiger partial charge in [0.25, 0.3) is 0 Å². The van der Waals surface area contributed by atoms with Crippen LogP contribution in [0.25, 0.3) is 0 Å². The van der Waals surface area contributed by atoms with Gasteiger partial charge in [0.15, 0.2) is 34.5 Å². The highest BCUT2D eigenvalue weighted by Gasteiger charge is 2.00. The largest absolute Gasteiger partial charge is 0.504 e. The van der Waals surface area contributed by atoms with E-state index in [-0.39, 0.29) is 34.5 Å². The number of hydrogen-bond donors (Lipinski definition) is 9. The van der Waals surface area contributed by atoms with Crippen LogP contribution >= 0.6 is 7.82 Å². The van der Waals surface area contributed by atoms with E-state index in [2.05, 4.69) is 0 Å². The molecule has 0 aromatic heterocycles. The molecule has 0 aliphatic carbocycles. The van der Waals surface area contributed by atoms with Gasteiger partial charge in [-0.2, -0.15) is 0 Å². The van der Waals surface area contributed by atoms with Gasteiger partial charge >= 0.3 is 7.82 Å². The van der Waals surface area contributed by atoms with E-state index < -0.39 is 7.82 Å². The Bertz CT molecular complexity index is 736. The standard InChI is InChI=1S/3C6H6O2.H3O4P/c3*7-5-3-1-2-4-6(5)8;1-5(2,3)4/h3*1-4,7-8H;(H3,1,2,3,4). The minimum atomic E-state index is -4.64. The van der Waals surface area contributed by atoms with Gasteiger partial charge in [-0.05, 0) is 36.4 Å². The fourth-order valence-corrected chi connectivity index (χ4v) is 1.39. The average molecular weight is 428 g/mol. The molecule has 0 bridgehead atoms. The van der Waals surface area contributed by atoms with Crippen LogP contribution < -0.4 is 0 Å². The third-order valence-corrected chi connectivity index (χ3v) is 2.65. The van der Waals surface area contributed by atoms with Gasteiger partial charge < -0.3 is 45.3 Å². The molecule has 11 heteroatoms. The van der Waals surface area contributed by atoms with E-state index in [9.17, 15) is 0 Å². The van der Waals surface area contributed by atoms with Crippen LogP contribution in [0, 0.1) is 0 Å². The molecule has 0 heterocycles. The first-order valence-electron chi connectivity index (χ1n) is 7.61. The van der Waals surface area contributed by atoms with Crippen molar-refractivity contribution in [1.29, 1.82) is 0 Å². The second kappa shape index (κ2) is 12.9. The molecule has 0 unspecified atom stereocenters. The first-order chi connectivity index (χ1) is 13.4. The quantitative estimate of drug-likeness (QED) is 0.189. The van der Waals surface area contributed by atoms with Gasteiger partial charge in [0.05, 0.1) is 0 Å². The number of rotatable bonds is 0. The second-order valence-corrected chi connectivity index (χ2v) is 6.01. The highest BCUT2D eigenvalue weighted by atomic mass is 31.2. The van der Waals surface area contributed by atoms with Gasteiger partial charge in [-0.15, -0.1) is 0 Å². The molecule has 3 aromatic carbocycles. The van der Waals surface area contributed by atoms with Crippen molar-refractivity contribution in [2.45, 2.75) is 0 Å². The molecular weight excluding hydrogens is 407 g/mol. The number of aromatic hydroxyl groups is 6. The van der Waals surface area contributed by atoms with Crippen molar-refractivity contribution in [3.63, 3.8) is 0 Å². The van der Waals surface area contributed by atoms with E-state index >= 15 is 0 Å². The van der Waals surface area contributed by atoms with E-state index in [1.807, 2.05) is 0 Å². The van der Waals surface area contributed by atoms with Gasteiger partial charge in [-0.1, -0.05) is 36.4 Å². The Morgan fingerprint density at radius 2 is 0.517 bits per heavy atom. The molecule has 10 nitrogen and oxygen atoms in total. The van der Waals surface area contributed by atoms with Crippen molar-refractivity contribution in [2.75, 3.05) is 0 Å². The van der Waals surface area contributed by atoms with Crippen LogP contribution in [0.4, 0.5) is 0 Å². The summed E-state index contributed by atoms with van der Waals surface area (Å²) in [5.41, 5.74) is 0. The van der Waals surface area contributed by atoms with Crippen LogP contribution in [0.15, 0.2) is 72.8 Å². The SMILES string of the molecule is O=P(O)(O)O.Oc1ccccc1O.Oc1ccccc1O.Oc1ccccc1O. The lowest BCUT2D eigenvalue weighted by atomic mass is 10.3. The van der Waals surface area contributed by atoms with Crippen molar-refractivity contribution in [1.82, 2.24) is 0 Å². The van der Waals surface area contributed by atoms with E-state index in [4.69, 9.17) is 49.9 Å². The summed E-state index contributed by atoms with van der Waals surface area (Å²) in [6.45, 7) is 0. The summed E-state index contributed by atoms with van der Waals surface area (Å²) in [4.78, 5) is 21.6. The molecule has 0 fully saturated rings. The number of benzene rings is 3. The maximum atomic E-state index is 8.88. The molecule has 0 aliphatic heterocycles. The summed E-state index contributed by atoms with van der Waals surface area (Å²) < 4.78 is 8.88. The molecule has 9 N–H and O–H groups in total. The average Bonchev–Trinajstić information content (AvgIpc) is 2.62. The van der Waals surface area contributed by atoms with Gasteiger partial charge in [0.2, 0.25) is 0 Å². The molecule has 0 amide bonds. The molecule has 3 rings (SSSR count). The predicted octanol–water partition coefficient (Wildman–Crippen LogP) is 2.36. The fourth-order valence-electron chi connectivity index (χ4n) is 1.39. The van der Waals surface area contributed by atoms with Crippen LogP contribution in [0.2, 0.25) is 0 Å². The molecular formula is C18H21O10P. The Labute approximate surface area is 165 Å². The van der Waals surface area contributed by atoms with Crippen LogP contribution in [0.3, 0.4) is 0 Å². The number of phenols is 6.